The van der Waals surface area contributed by atoms with Gasteiger partial charge in [0.15, 0.2) is 5.17 Å². The highest BCUT2D eigenvalue weighted by Gasteiger charge is 2.14. The van der Waals surface area contributed by atoms with Gasteiger partial charge in [-0.15, -0.1) is 0 Å². The zero-order chi connectivity index (χ0) is 16.2. The van der Waals surface area contributed by atoms with Crippen LogP contribution in [0.3, 0.4) is 0 Å². The Labute approximate surface area is 140 Å². The zero-order valence-corrected chi connectivity index (χ0v) is 14.3. The van der Waals surface area contributed by atoms with Crippen LogP contribution in [-0.4, -0.2) is 23.7 Å². The number of ether oxygens (including phenoxy) is 1. The summed E-state index contributed by atoms with van der Waals surface area (Å²) in [5.41, 5.74) is 8.51. The van der Waals surface area contributed by atoms with E-state index in [1.54, 1.807) is 18.9 Å². The predicted octanol–water partition coefficient (Wildman–Crippen LogP) is 4.04. The molecule has 0 aliphatic carbocycles. The lowest BCUT2D eigenvalue weighted by Crippen LogP contribution is -2.25. The Morgan fingerprint density at radius 2 is 2.04 bits per heavy atom. The lowest BCUT2D eigenvalue weighted by molar-refractivity contribution is 0.414. The van der Waals surface area contributed by atoms with Crippen molar-refractivity contribution in [2.24, 2.45) is 10.1 Å². The normalized spacial score (nSPS) is 16.0. The molecular weight excluding hydrogens is 306 g/mol. The molecule has 1 aliphatic rings. The van der Waals surface area contributed by atoms with Gasteiger partial charge in [0.1, 0.15) is 5.75 Å². The maximum atomic E-state index is 5.26. The quantitative estimate of drug-likeness (QED) is 0.926. The smallest absolute Gasteiger partial charge is 0.182 e. The topological polar surface area (TPSA) is 46.0 Å². The second kappa shape index (κ2) is 6.87. The molecule has 4 nitrogen and oxygen atoms in total. The van der Waals surface area contributed by atoms with Crippen LogP contribution >= 0.6 is 11.8 Å². The van der Waals surface area contributed by atoms with E-state index in [1.807, 2.05) is 30.3 Å². The number of hydrazone groups is 1. The van der Waals surface area contributed by atoms with E-state index in [2.05, 4.69) is 41.5 Å². The average molecular weight is 325 g/mol. The van der Waals surface area contributed by atoms with Crippen LogP contribution in [0.25, 0.3) is 0 Å². The summed E-state index contributed by atoms with van der Waals surface area (Å²) in [6.45, 7) is 4.16. The Balaban J connectivity index is 1.78. The molecule has 0 fully saturated rings. The first-order chi connectivity index (χ1) is 11.2. The van der Waals surface area contributed by atoms with Crippen LogP contribution in [0, 0.1) is 13.8 Å². The SMILES string of the molecule is COc1cccc(C2=NNC(=Nc3ccc(C)cc3C)SC2)c1. The summed E-state index contributed by atoms with van der Waals surface area (Å²) in [4.78, 5) is 4.66. The number of hydrogen-bond donors (Lipinski definition) is 1. The molecule has 0 unspecified atom stereocenters. The molecule has 0 atom stereocenters. The number of benzene rings is 2. The predicted molar refractivity (Wildman–Crippen MR) is 98.1 cm³/mol. The number of nitrogens with one attached hydrogen (secondary N) is 1. The number of rotatable bonds is 3. The molecule has 0 aromatic heterocycles. The van der Waals surface area contributed by atoms with Gasteiger partial charge in [0.2, 0.25) is 0 Å². The van der Waals surface area contributed by atoms with Gasteiger partial charge in [0.05, 0.1) is 18.5 Å². The highest BCUT2D eigenvalue weighted by atomic mass is 32.2. The van der Waals surface area contributed by atoms with Crippen molar-refractivity contribution in [2.45, 2.75) is 13.8 Å². The Hall–Kier alpha value is -2.27. The highest BCUT2D eigenvalue weighted by molar-refractivity contribution is 8.14. The first kappa shape index (κ1) is 15.6. The minimum Gasteiger partial charge on any atom is -0.497 e. The molecule has 0 saturated heterocycles. The van der Waals surface area contributed by atoms with Gasteiger partial charge >= 0.3 is 0 Å². The fraction of sp³-hybridized carbons (Fsp3) is 0.222. The Kier molecular flexibility index (Phi) is 4.67. The van der Waals surface area contributed by atoms with Crippen LogP contribution in [0.1, 0.15) is 16.7 Å². The van der Waals surface area contributed by atoms with Gasteiger partial charge in [-0.25, -0.2) is 4.99 Å². The monoisotopic (exact) mass is 325 g/mol. The van der Waals surface area contributed by atoms with Crippen molar-refractivity contribution in [3.8, 4) is 5.75 Å². The summed E-state index contributed by atoms with van der Waals surface area (Å²) in [6.07, 6.45) is 0. The Bertz CT molecular complexity index is 784. The van der Waals surface area contributed by atoms with Crippen molar-refractivity contribution in [1.29, 1.82) is 0 Å². The van der Waals surface area contributed by atoms with E-state index in [4.69, 9.17) is 4.74 Å². The van der Waals surface area contributed by atoms with Crippen LogP contribution in [0.2, 0.25) is 0 Å². The van der Waals surface area contributed by atoms with Crippen LogP contribution < -0.4 is 10.2 Å². The zero-order valence-electron chi connectivity index (χ0n) is 13.5. The Morgan fingerprint density at radius 3 is 2.74 bits per heavy atom. The number of amidine groups is 1. The molecule has 0 radical (unpaired) electrons. The third-order valence-electron chi connectivity index (χ3n) is 3.61. The van der Waals surface area contributed by atoms with Gasteiger partial charge in [0.25, 0.3) is 0 Å². The fourth-order valence-corrected chi connectivity index (χ4v) is 3.14. The number of methoxy groups -OCH3 is 1. The molecule has 118 valence electrons. The van der Waals surface area contributed by atoms with Gasteiger partial charge in [-0.2, -0.15) is 5.10 Å². The summed E-state index contributed by atoms with van der Waals surface area (Å²) in [5, 5.41) is 5.28. The number of nitrogens with zero attached hydrogens (tertiary/aromatic N) is 2. The lowest BCUT2D eigenvalue weighted by Gasteiger charge is -2.15. The molecule has 0 amide bonds. The first-order valence-corrected chi connectivity index (χ1v) is 8.40. The molecule has 23 heavy (non-hydrogen) atoms. The van der Waals surface area contributed by atoms with Crippen LogP contribution in [-0.2, 0) is 0 Å². The molecule has 0 bridgehead atoms. The fourth-order valence-electron chi connectivity index (χ4n) is 2.36. The third-order valence-corrected chi connectivity index (χ3v) is 4.48. The van der Waals surface area contributed by atoms with Gasteiger partial charge in [-0.05, 0) is 37.6 Å². The summed E-state index contributed by atoms with van der Waals surface area (Å²) < 4.78 is 5.26. The van der Waals surface area contributed by atoms with Gasteiger partial charge in [-0.3, -0.25) is 5.43 Å². The lowest BCUT2D eigenvalue weighted by atomic mass is 10.1. The van der Waals surface area contributed by atoms with E-state index >= 15 is 0 Å². The van der Waals surface area contributed by atoms with E-state index in [1.165, 1.54) is 11.1 Å². The van der Waals surface area contributed by atoms with E-state index in [9.17, 15) is 0 Å². The molecule has 0 saturated carbocycles. The van der Waals surface area contributed by atoms with Crippen LogP contribution in [0.4, 0.5) is 5.69 Å². The molecule has 3 rings (SSSR count). The average Bonchev–Trinajstić information content (AvgIpc) is 2.58. The molecule has 1 N–H and O–H groups in total. The molecule has 2 aromatic rings. The number of aliphatic imine (C=N–C) groups is 1. The maximum Gasteiger partial charge on any atom is 0.182 e. The molecule has 1 aliphatic heterocycles. The molecule has 1 heterocycles. The van der Waals surface area contributed by atoms with E-state index in [0.29, 0.717) is 0 Å². The van der Waals surface area contributed by atoms with E-state index in [0.717, 1.165) is 33.6 Å². The molecule has 2 aromatic carbocycles. The number of thioether (sulfide) groups is 1. The minimum atomic E-state index is 0.782. The summed E-state index contributed by atoms with van der Waals surface area (Å²) in [7, 11) is 1.67. The van der Waals surface area contributed by atoms with Gasteiger partial charge < -0.3 is 4.74 Å². The second-order valence-electron chi connectivity index (χ2n) is 5.40. The van der Waals surface area contributed by atoms with E-state index in [-0.39, 0.29) is 0 Å². The van der Waals surface area contributed by atoms with E-state index < -0.39 is 0 Å². The van der Waals surface area contributed by atoms with Crippen molar-refractivity contribution in [3.63, 3.8) is 0 Å². The first-order valence-electron chi connectivity index (χ1n) is 7.41. The van der Waals surface area contributed by atoms with Crippen LogP contribution in [0.15, 0.2) is 52.6 Å². The second-order valence-corrected chi connectivity index (χ2v) is 6.36. The van der Waals surface area contributed by atoms with Crippen molar-refractivity contribution in [2.75, 3.05) is 12.9 Å². The van der Waals surface area contributed by atoms with Gasteiger partial charge in [0, 0.05) is 11.3 Å². The summed E-state index contributed by atoms with van der Waals surface area (Å²) in [6, 6.07) is 14.2. The standard InChI is InChI=1S/C18H19N3OS/c1-12-7-8-16(13(2)9-12)19-18-21-20-17(11-23-18)14-5-4-6-15(10-14)22-3/h4-10H,11H2,1-3H3,(H,19,21). The summed E-state index contributed by atoms with van der Waals surface area (Å²) >= 11 is 1.65. The molecular formula is C18H19N3OS. The minimum absolute atomic E-state index is 0.782. The third kappa shape index (κ3) is 3.74. The molecule has 0 spiro atoms. The van der Waals surface area contributed by atoms with Crippen molar-refractivity contribution >= 4 is 28.3 Å². The van der Waals surface area contributed by atoms with Crippen LogP contribution in [0.5, 0.6) is 5.75 Å². The van der Waals surface area contributed by atoms with Crippen molar-refractivity contribution in [1.82, 2.24) is 5.43 Å². The number of aryl methyl sites for hydroxylation is 2. The van der Waals surface area contributed by atoms with Crippen molar-refractivity contribution in [3.05, 3.63) is 59.2 Å². The maximum absolute atomic E-state index is 5.26. The highest BCUT2D eigenvalue weighted by Crippen LogP contribution is 2.23. The van der Waals surface area contributed by atoms with Gasteiger partial charge in [-0.1, -0.05) is 41.6 Å². The summed E-state index contributed by atoms with van der Waals surface area (Å²) in [5.74, 6) is 1.62. The van der Waals surface area contributed by atoms with Crippen molar-refractivity contribution < 1.29 is 4.74 Å². The Morgan fingerprint density at radius 1 is 1.17 bits per heavy atom. The number of hydrogen-bond acceptors (Lipinski definition) is 4. The molecule has 5 heteroatoms. The largest absolute Gasteiger partial charge is 0.497 e.